The molecule has 2 aromatic carbocycles. The highest BCUT2D eigenvalue weighted by molar-refractivity contribution is 6.07. The number of morpholine rings is 1. The van der Waals surface area contributed by atoms with Crippen molar-refractivity contribution in [1.82, 2.24) is 10.1 Å². The van der Waals surface area contributed by atoms with Crippen LogP contribution in [0.5, 0.6) is 0 Å². The molecule has 3 heterocycles. The Balaban J connectivity index is 1.18. The highest BCUT2D eigenvalue weighted by atomic mass is 16.5. The Kier molecular flexibility index (Phi) is 5.75. The van der Waals surface area contributed by atoms with E-state index in [0.29, 0.717) is 11.4 Å². The molecule has 1 aliphatic carbocycles. The number of fused-ring (bicyclic) bond motifs is 3. The Labute approximate surface area is 204 Å². The van der Waals surface area contributed by atoms with Crippen molar-refractivity contribution in [2.75, 3.05) is 50.5 Å². The van der Waals surface area contributed by atoms with E-state index in [2.05, 4.69) is 33.6 Å². The maximum absolute atomic E-state index is 13.3. The number of ether oxygens (including phenoxy) is 2. The Morgan fingerprint density at radius 3 is 2.80 bits per heavy atom. The lowest BCUT2D eigenvalue weighted by atomic mass is 9.69. The van der Waals surface area contributed by atoms with Crippen LogP contribution in [-0.4, -0.2) is 61.5 Å². The predicted octanol–water partition coefficient (Wildman–Crippen LogP) is 3.87. The molecule has 8 nitrogen and oxygen atoms in total. The third-order valence-corrected chi connectivity index (χ3v) is 8.03. The smallest absolute Gasteiger partial charge is 0.235 e. The minimum atomic E-state index is -0.463. The summed E-state index contributed by atoms with van der Waals surface area (Å²) in [6.07, 6.45) is 3.62. The van der Waals surface area contributed by atoms with Gasteiger partial charge >= 0.3 is 0 Å². The largest absolute Gasteiger partial charge is 0.380 e. The SMILES string of the molecule is Cc1ccc2c(N)noc2c1-c1ccc2c(c1)NC(=O)C21CCC(OCCN2CCOCC2)CC1. The van der Waals surface area contributed by atoms with Gasteiger partial charge in [-0.15, -0.1) is 0 Å². The molecule has 1 saturated carbocycles. The van der Waals surface area contributed by atoms with Gasteiger partial charge < -0.3 is 25.0 Å². The molecule has 6 rings (SSSR count). The lowest BCUT2D eigenvalue weighted by Crippen LogP contribution is -2.41. The summed E-state index contributed by atoms with van der Waals surface area (Å²) in [5, 5.41) is 7.92. The standard InChI is InChI=1S/C27H32N4O4/c1-17-2-4-20-24(35-30-25(20)28)23(17)18-3-5-21-22(16-18)29-26(32)27(21)8-6-19(7-9-27)34-15-12-31-10-13-33-14-11-31/h2-5,16,19H,6-15H2,1H3,(H2,28,30)(H,29,32). The van der Waals surface area contributed by atoms with E-state index in [1.54, 1.807) is 0 Å². The fraction of sp³-hybridized carbons (Fsp3) is 0.481. The van der Waals surface area contributed by atoms with Gasteiger partial charge in [0.25, 0.3) is 0 Å². The van der Waals surface area contributed by atoms with Crippen LogP contribution in [0.2, 0.25) is 0 Å². The molecule has 1 saturated heterocycles. The van der Waals surface area contributed by atoms with E-state index >= 15 is 0 Å². The summed E-state index contributed by atoms with van der Waals surface area (Å²) in [7, 11) is 0. The van der Waals surface area contributed by atoms with Crippen LogP contribution in [0, 0.1) is 6.92 Å². The van der Waals surface area contributed by atoms with Crippen LogP contribution < -0.4 is 11.1 Å². The van der Waals surface area contributed by atoms with Gasteiger partial charge in [-0.2, -0.15) is 0 Å². The van der Waals surface area contributed by atoms with Crippen LogP contribution in [0.15, 0.2) is 34.9 Å². The van der Waals surface area contributed by atoms with Gasteiger partial charge in [-0.1, -0.05) is 23.4 Å². The number of hydrogen-bond acceptors (Lipinski definition) is 7. The number of nitrogens with two attached hydrogens (primary N) is 1. The maximum atomic E-state index is 13.3. The number of nitrogens with one attached hydrogen (secondary N) is 1. The molecule has 2 aliphatic heterocycles. The second-order valence-corrected chi connectivity index (χ2v) is 10.0. The van der Waals surface area contributed by atoms with E-state index in [4.69, 9.17) is 19.7 Å². The number of aryl methyl sites for hydroxylation is 1. The molecule has 2 fully saturated rings. The van der Waals surface area contributed by atoms with Gasteiger partial charge in [0, 0.05) is 30.9 Å². The first-order valence-corrected chi connectivity index (χ1v) is 12.6. The van der Waals surface area contributed by atoms with Gasteiger partial charge in [0.05, 0.1) is 36.7 Å². The lowest BCUT2D eigenvalue weighted by molar-refractivity contribution is -0.123. The zero-order valence-corrected chi connectivity index (χ0v) is 20.1. The van der Waals surface area contributed by atoms with Crippen molar-refractivity contribution in [2.24, 2.45) is 0 Å². The number of rotatable bonds is 5. The van der Waals surface area contributed by atoms with Crippen molar-refractivity contribution in [1.29, 1.82) is 0 Å². The molecule has 1 aromatic heterocycles. The predicted molar refractivity (Wildman–Crippen MR) is 134 cm³/mol. The van der Waals surface area contributed by atoms with Gasteiger partial charge in [-0.25, -0.2) is 0 Å². The molecular formula is C27H32N4O4. The van der Waals surface area contributed by atoms with Crippen LogP contribution in [-0.2, 0) is 19.7 Å². The maximum Gasteiger partial charge on any atom is 0.235 e. The minimum absolute atomic E-state index is 0.107. The molecule has 1 amide bonds. The summed E-state index contributed by atoms with van der Waals surface area (Å²) < 4.78 is 17.2. The van der Waals surface area contributed by atoms with Gasteiger partial charge in [-0.05, 0) is 61.4 Å². The number of carbonyl (C=O) groups excluding carboxylic acids is 1. The van der Waals surface area contributed by atoms with E-state index in [0.717, 1.165) is 98.5 Å². The van der Waals surface area contributed by atoms with Crippen molar-refractivity contribution in [3.05, 3.63) is 41.5 Å². The zero-order valence-electron chi connectivity index (χ0n) is 20.1. The van der Waals surface area contributed by atoms with E-state index in [1.807, 2.05) is 19.1 Å². The molecule has 0 radical (unpaired) electrons. The third-order valence-electron chi connectivity index (χ3n) is 8.03. The van der Waals surface area contributed by atoms with E-state index in [1.165, 1.54) is 0 Å². The van der Waals surface area contributed by atoms with Crippen LogP contribution in [0.25, 0.3) is 22.1 Å². The van der Waals surface area contributed by atoms with E-state index < -0.39 is 5.41 Å². The summed E-state index contributed by atoms with van der Waals surface area (Å²) in [5.74, 6) is 0.494. The fourth-order valence-corrected chi connectivity index (χ4v) is 5.99. The molecular weight excluding hydrogens is 444 g/mol. The number of nitrogen functional groups attached to an aromatic ring is 1. The van der Waals surface area contributed by atoms with Crippen LogP contribution in [0.1, 0.15) is 36.8 Å². The summed E-state index contributed by atoms with van der Waals surface area (Å²) >= 11 is 0. The van der Waals surface area contributed by atoms with Crippen molar-refractivity contribution in [3.8, 4) is 11.1 Å². The Hall–Kier alpha value is -2.94. The molecule has 0 unspecified atom stereocenters. The number of benzene rings is 2. The number of hydrogen-bond donors (Lipinski definition) is 2. The summed E-state index contributed by atoms with van der Waals surface area (Å²) in [4.78, 5) is 15.6. The first kappa shape index (κ1) is 22.5. The average Bonchev–Trinajstić information content (AvgIpc) is 3.37. The first-order valence-electron chi connectivity index (χ1n) is 12.6. The third kappa shape index (κ3) is 3.90. The highest BCUT2D eigenvalue weighted by Crippen LogP contribution is 2.49. The normalized spacial score (nSPS) is 24.7. The van der Waals surface area contributed by atoms with Crippen LogP contribution >= 0.6 is 0 Å². The Morgan fingerprint density at radius 2 is 2.00 bits per heavy atom. The lowest BCUT2D eigenvalue weighted by Gasteiger charge is -2.36. The number of amides is 1. The number of nitrogens with zero attached hydrogens (tertiary/aromatic N) is 2. The number of carbonyl (C=O) groups is 1. The van der Waals surface area contributed by atoms with Crippen LogP contribution in [0.3, 0.4) is 0 Å². The second kappa shape index (κ2) is 8.93. The average molecular weight is 477 g/mol. The summed E-state index contributed by atoms with van der Waals surface area (Å²) in [6, 6.07) is 10.2. The summed E-state index contributed by atoms with van der Waals surface area (Å²) in [5.41, 5.74) is 11.2. The number of aromatic nitrogens is 1. The molecule has 3 N–H and O–H groups in total. The quantitative estimate of drug-likeness (QED) is 0.576. The molecule has 3 aliphatic rings. The molecule has 0 atom stereocenters. The van der Waals surface area contributed by atoms with Crippen molar-refractivity contribution in [2.45, 2.75) is 44.1 Å². The number of anilines is 2. The van der Waals surface area contributed by atoms with E-state index in [-0.39, 0.29) is 12.0 Å². The zero-order chi connectivity index (χ0) is 24.0. The summed E-state index contributed by atoms with van der Waals surface area (Å²) in [6.45, 7) is 7.30. The molecule has 0 bridgehead atoms. The van der Waals surface area contributed by atoms with Gasteiger partial charge in [0.1, 0.15) is 0 Å². The fourth-order valence-electron chi connectivity index (χ4n) is 5.99. The first-order chi connectivity index (χ1) is 17.0. The van der Waals surface area contributed by atoms with Crippen molar-refractivity contribution in [3.63, 3.8) is 0 Å². The molecule has 8 heteroatoms. The molecule has 184 valence electrons. The van der Waals surface area contributed by atoms with Gasteiger partial charge in [0.2, 0.25) is 5.91 Å². The Morgan fingerprint density at radius 1 is 1.20 bits per heavy atom. The van der Waals surface area contributed by atoms with Crippen molar-refractivity contribution < 1.29 is 18.8 Å². The van der Waals surface area contributed by atoms with Gasteiger partial charge in [0.15, 0.2) is 11.4 Å². The highest BCUT2D eigenvalue weighted by Gasteiger charge is 2.48. The molecule has 1 spiro atoms. The van der Waals surface area contributed by atoms with Crippen molar-refractivity contribution >= 4 is 28.4 Å². The topological polar surface area (TPSA) is 103 Å². The van der Waals surface area contributed by atoms with Gasteiger partial charge in [-0.3, -0.25) is 9.69 Å². The molecule has 3 aromatic rings. The Bertz CT molecular complexity index is 1260. The van der Waals surface area contributed by atoms with E-state index in [9.17, 15) is 4.79 Å². The van der Waals surface area contributed by atoms with Crippen LogP contribution in [0.4, 0.5) is 11.5 Å². The second-order valence-electron chi connectivity index (χ2n) is 10.0. The monoisotopic (exact) mass is 476 g/mol. The molecule has 35 heavy (non-hydrogen) atoms. The minimum Gasteiger partial charge on any atom is -0.380 e.